The summed E-state index contributed by atoms with van der Waals surface area (Å²) >= 11 is 1.52. The van der Waals surface area contributed by atoms with Gasteiger partial charge in [0.15, 0.2) is 0 Å². The average molecular weight is 184 g/mol. The van der Waals surface area contributed by atoms with Crippen molar-refractivity contribution < 1.29 is 4.79 Å². The first kappa shape index (κ1) is 9.40. The van der Waals surface area contributed by atoms with Gasteiger partial charge in [0, 0.05) is 13.1 Å². The van der Waals surface area contributed by atoms with Crippen LogP contribution in [0.15, 0.2) is 0 Å². The number of rotatable bonds is 2. The molecule has 0 aromatic rings. The van der Waals surface area contributed by atoms with Crippen molar-refractivity contribution in [1.29, 1.82) is 5.26 Å². The minimum absolute atomic E-state index is 0.148. The maximum absolute atomic E-state index is 11.2. The number of likely N-dealkylation sites (tertiary alicyclic amines) is 1. The largest absolute Gasteiger partial charge is 0.339 e. The van der Waals surface area contributed by atoms with Crippen LogP contribution in [-0.4, -0.2) is 35.9 Å². The molecule has 4 heteroatoms. The molecule has 0 spiro atoms. The minimum Gasteiger partial charge on any atom is -0.339 e. The Morgan fingerprint density at radius 2 is 2.33 bits per heavy atom. The molecule has 1 fully saturated rings. The molecular weight excluding hydrogens is 172 g/mol. The summed E-state index contributed by atoms with van der Waals surface area (Å²) in [5, 5.41) is 8.68. The van der Waals surface area contributed by atoms with Crippen molar-refractivity contribution >= 4 is 17.7 Å². The number of carbonyl (C=O) groups excluding carboxylic acids is 1. The lowest BCUT2D eigenvalue weighted by Gasteiger charge is -2.43. The normalized spacial score (nSPS) is 19.6. The van der Waals surface area contributed by atoms with Crippen LogP contribution in [0.1, 0.15) is 6.92 Å². The molecule has 1 aliphatic rings. The Morgan fingerprint density at radius 1 is 1.75 bits per heavy atom. The van der Waals surface area contributed by atoms with E-state index in [9.17, 15) is 4.79 Å². The van der Waals surface area contributed by atoms with E-state index in [0.29, 0.717) is 18.8 Å². The first-order valence-electron chi connectivity index (χ1n) is 3.79. The van der Waals surface area contributed by atoms with Gasteiger partial charge in [-0.15, -0.1) is 0 Å². The summed E-state index contributed by atoms with van der Waals surface area (Å²) in [7, 11) is 0. The Kier molecular flexibility index (Phi) is 2.63. The summed E-state index contributed by atoms with van der Waals surface area (Å²) in [5.41, 5.74) is -0.284. The minimum atomic E-state index is -0.284. The Labute approximate surface area is 76.7 Å². The zero-order valence-corrected chi connectivity index (χ0v) is 8.15. The lowest BCUT2D eigenvalue weighted by molar-refractivity contribution is -0.136. The van der Waals surface area contributed by atoms with E-state index in [0.717, 1.165) is 0 Å². The lowest BCUT2D eigenvalue weighted by Crippen LogP contribution is -2.56. The molecule has 12 heavy (non-hydrogen) atoms. The highest BCUT2D eigenvalue weighted by molar-refractivity contribution is 7.99. The lowest BCUT2D eigenvalue weighted by atomic mass is 9.84. The Bertz CT molecular complexity index is 228. The van der Waals surface area contributed by atoms with Crippen molar-refractivity contribution in [3.8, 4) is 6.07 Å². The van der Waals surface area contributed by atoms with Crippen LogP contribution in [0.4, 0.5) is 0 Å². The standard InChI is InChI=1S/C8H12N2OS/c1-8(4-9)5-10(6-8)7(11)3-12-2/h3,5-6H2,1-2H3. The number of thioether (sulfide) groups is 1. The molecule has 66 valence electrons. The highest BCUT2D eigenvalue weighted by Crippen LogP contribution is 2.28. The Hall–Kier alpha value is -0.690. The second-order valence-corrected chi connectivity index (χ2v) is 4.22. The van der Waals surface area contributed by atoms with Crippen molar-refractivity contribution in [1.82, 2.24) is 4.90 Å². The summed E-state index contributed by atoms with van der Waals surface area (Å²) in [4.78, 5) is 13.0. The van der Waals surface area contributed by atoms with Gasteiger partial charge in [0.05, 0.1) is 17.2 Å². The van der Waals surface area contributed by atoms with Crippen molar-refractivity contribution in [3.05, 3.63) is 0 Å². The van der Waals surface area contributed by atoms with Gasteiger partial charge in [-0.2, -0.15) is 17.0 Å². The van der Waals surface area contributed by atoms with Crippen LogP contribution in [0.5, 0.6) is 0 Å². The molecule has 0 bridgehead atoms. The molecule has 3 nitrogen and oxygen atoms in total. The molecule has 0 aliphatic carbocycles. The fraction of sp³-hybridized carbons (Fsp3) is 0.750. The molecule has 0 saturated carbocycles. The van der Waals surface area contributed by atoms with E-state index in [1.54, 1.807) is 4.90 Å². The van der Waals surface area contributed by atoms with Crippen LogP contribution in [-0.2, 0) is 4.79 Å². The van der Waals surface area contributed by atoms with Crippen molar-refractivity contribution in [2.75, 3.05) is 25.1 Å². The quantitative estimate of drug-likeness (QED) is 0.635. The van der Waals surface area contributed by atoms with Crippen LogP contribution >= 0.6 is 11.8 Å². The monoisotopic (exact) mass is 184 g/mol. The number of nitrogens with zero attached hydrogens (tertiary/aromatic N) is 2. The second-order valence-electron chi connectivity index (χ2n) is 3.36. The van der Waals surface area contributed by atoms with Gasteiger partial charge in [0.1, 0.15) is 0 Å². The summed E-state index contributed by atoms with van der Waals surface area (Å²) < 4.78 is 0. The van der Waals surface area contributed by atoms with Gasteiger partial charge in [-0.3, -0.25) is 4.79 Å². The van der Waals surface area contributed by atoms with Gasteiger partial charge in [0.25, 0.3) is 0 Å². The molecule has 1 amide bonds. The number of nitriles is 1. The summed E-state index contributed by atoms with van der Waals surface area (Å²) in [6.45, 7) is 3.08. The maximum atomic E-state index is 11.2. The number of hydrogen-bond donors (Lipinski definition) is 0. The summed E-state index contributed by atoms with van der Waals surface area (Å²) in [6, 6.07) is 2.20. The average Bonchev–Trinajstić information content (AvgIpc) is 1.99. The van der Waals surface area contributed by atoms with Crippen LogP contribution in [0.2, 0.25) is 0 Å². The third kappa shape index (κ3) is 1.72. The zero-order valence-electron chi connectivity index (χ0n) is 7.33. The van der Waals surface area contributed by atoms with Crippen LogP contribution < -0.4 is 0 Å². The topological polar surface area (TPSA) is 44.1 Å². The molecule has 1 rings (SSSR count). The van der Waals surface area contributed by atoms with Crippen LogP contribution in [0.3, 0.4) is 0 Å². The van der Waals surface area contributed by atoms with E-state index in [2.05, 4.69) is 6.07 Å². The van der Waals surface area contributed by atoms with E-state index in [4.69, 9.17) is 5.26 Å². The number of hydrogen-bond acceptors (Lipinski definition) is 3. The molecule has 0 unspecified atom stereocenters. The predicted molar refractivity (Wildman–Crippen MR) is 48.7 cm³/mol. The fourth-order valence-corrected chi connectivity index (χ4v) is 1.69. The smallest absolute Gasteiger partial charge is 0.232 e. The van der Waals surface area contributed by atoms with Crippen LogP contribution in [0.25, 0.3) is 0 Å². The molecule has 0 radical (unpaired) electrons. The molecule has 1 heterocycles. The van der Waals surface area contributed by atoms with E-state index >= 15 is 0 Å². The van der Waals surface area contributed by atoms with E-state index in [-0.39, 0.29) is 11.3 Å². The first-order chi connectivity index (χ1) is 5.61. The summed E-state index contributed by atoms with van der Waals surface area (Å²) in [6.07, 6.45) is 1.90. The van der Waals surface area contributed by atoms with Gasteiger partial charge in [-0.25, -0.2) is 0 Å². The Balaban J connectivity index is 2.35. The highest BCUT2D eigenvalue weighted by Gasteiger charge is 2.41. The molecule has 0 N–H and O–H groups in total. The second kappa shape index (κ2) is 3.36. The Morgan fingerprint density at radius 3 is 2.75 bits per heavy atom. The van der Waals surface area contributed by atoms with Crippen molar-refractivity contribution in [3.63, 3.8) is 0 Å². The van der Waals surface area contributed by atoms with Crippen LogP contribution in [0, 0.1) is 16.7 Å². The maximum Gasteiger partial charge on any atom is 0.232 e. The highest BCUT2D eigenvalue weighted by atomic mass is 32.2. The van der Waals surface area contributed by atoms with Gasteiger partial charge >= 0.3 is 0 Å². The van der Waals surface area contributed by atoms with Gasteiger partial charge < -0.3 is 4.90 Å². The predicted octanol–water partition coefficient (Wildman–Crippen LogP) is 0.721. The third-order valence-corrected chi connectivity index (χ3v) is 2.51. The van der Waals surface area contributed by atoms with E-state index < -0.39 is 0 Å². The van der Waals surface area contributed by atoms with Gasteiger partial charge in [-0.1, -0.05) is 0 Å². The molecule has 1 aliphatic heterocycles. The van der Waals surface area contributed by atoms with Gasteiger partial charge in [-0.05, 0) is 13.2 Å². The molecule has 0 aromatic carbocycles. The van der Waals surface area contributed by atoms with E-state index in [1.807, 2.05) is 13.2 Å². The molecule has 0 atom stereocenters. The van der Waals surface area contributed by atoms with Crippen molar-refractivity contribution in [2.24, 2.45) is 5.41 Å². The zero-order chi connectivity index (χ0) is 9.19. The molecule has 0 aromatic heterocycles. The third-order valence-electron chi connectivity index (χ3n) is 1.97. The first-order valence-corrected chi connectivity index (χ1v) is 5.19. The molecular formula is C8H12N2OS. The fourth-order valence-electron chi connectivity index (χ4n) is 1.26. The van der Waals surface area contributed by atoms with Crippen molar-refractivity contribution in [2.45, 2.75) is 6.92 Å². The van der Waals surface area contributed by atoms with E-state index in [1.165, 1.54) is 11.8 Å². The van der Waals surface area contributed by atoms with Gasteiger partial charge in [0.2, 0.25) is 5.91 Å². The number of carbonyl (C=O) groups is 1. The SMILES string of the molecule is CSCC(=O)N1CC(C)(C#N)C1. The molecule has 1 saturated heterocycles. The summed E-state index contributed by atoms with van der Waals surface area (Å²) in [5.74, 6) is 0.678. The number of amides is 1.